The highest BCUT2D eigenvalue weighted by atomic mass is 35.5. The second-order valence-electron chi connectivity index (χ2n) is 6.20. The van der Waals surface area contributed by atoms with E-state index in [4.69, 9.17) is 16.3 Å². The van der Waals surface area contributed by atoms with Gasteiger partial charge >= 0.3 is 5.97 Å². The predicted octanol–water partition coefficient (Wildman–Crippen LogP) is 3.62. The number of hydrogen-bond acceptors (Lipinski definition) is 5. The van der Waals surface area contributed by atoms with Gasteiger partial charge in [-0.3, -0.25) is 4.79 Å². The number of esters is 1. The summed E-state index contributed by atoms with van der Waals surface area (Å²) in [6.45, 7) is 2.81. The smallest absolute Gasteiger partial charge is 0.337 e. The molecule has 2 aromatic rings. The summed E-state index contributed by atoms with van der Waals surface area (Å²) < 4.78 is 10.1. The maximum Gasteiger partial charge on any atom is 0.337 e. The molecule has 146 valence electrons. The fraction of sp³-hybridized carbons (Fsp3) is 0.238. The lowest BCUT2D eigenvalue weighted by Crippen LogP contribution is -2.36. The second-order valence-corrected chi connectivity index (χ2v) is 6.63. The number of carbonyl (C=O) groups is 2. The van der Waals surface area contributed by atoms with Gasteiger partial charge in [0.05, 0.1) is 37.3 Å². The van der Waals surface area contributed by atoms with E-state index in [0.717, 1.165) is 24.3 Å². The first-order valence-corrected chi connectivity index (χ1v) is 9.24. The third-order valence-electron chi connectivity index (χ3n) is 4.33. The first-order chi connectivity index (χ1) is 13.6. The minimum Gasteiger partial charge on any atom is -0.465 e. The molecule has 2 aromatic carbocycles. The van der Waals surface area contributed by atoms with Crippen molar-refractivity contribution in [1.29, 1.82) is 0 Å². The monoisotopic (exact) mass is 400 g/mol. The minimum atomic E-state index is -0.398. The van der Waals surface area contributed by atoms with Gasteiger partial charge in [0.2, 0.25) is 5.91 Å². The Hall–Kier alpha value is -2.83. The summed E-state index contributed by atoms with van der Waals surface area (Å²) in [5.74, 6) is -0.668. The molecular formula is C21H21ClN2O4. The van der Waals surface area contributed by atoms with Crippen LogP contribution in [-0.4, -0.2) is 45.3 Å². The third-order valence-corrected chi connectivity index (χ3v) is 4.56. The van der Waals surface area contributed by atoms with E-state index in [1.807, 2.05) is 6.07 Å². The van der Waals surface area contributed by atoms with Crippen molar-refractivity contribution in [3.05, 3.63) is 64.7 Å². The van der Waals surface area contributed by atoms with Crippen LogP contribution >= 0.6 is 11.6 Å². The van der Waals surface area contributed by atoms with E-state index < -0.39 is 5.97 Å². The number of nitrogens with zero attached hydrogens (tertiary/aromatic N) is 1. The Morgan fingerprint density at radius 3 is 2.54 bits per heavy atom. The highest BCUT2D eigenvalue weighted by Gasteiger charge is 2.16. The molecule has 0 atom stereocenters. The van der Waals surface area contributed by atoms with Crippen LogP contribution in [0.5, 0.6) is 0 Å². The van der Waals surface area contributed by atoms with Crippen LogP contribution in [0.4, 0.5) is 11.4 Å². The Balaban J connectivity index is 1.69. The van der Waals surface area contributed by atoms with Crippen molar-refractivity contribution < 1.29 is 19.1 Å². The van der Waals surface area contributed by atoms with E-state index in [2.05, 4.69) is 15.0 Å². The summed E-state index contributed by atoms with van der Waals surface area (Å²) in [5, 5.41) is 3.44. The molecule has 1 fully saturated rings. The zero-order valence-corrected chi connectivity index (χ0v) is 16.2. The number of hydrogen-bond donors (Lipinski definition) is 1. The van der Waals surface area contributed by atoms with Crippen LogP contribution in [0.15, 0.2) is 48.5 Å². The molecule has 1 amide bonds. The average Bonchev–Trinajstić information content (AvgIpc) is 2.73. The van der Waals surface area contributed by atoms with Crippen molar-refractivity contribution in [3.8, 4) is 0 Å². The molecule has 6 nitrogen and oxygen atoms in total. The summed E-state index contributed by atoms with van der Waals surface area (Å²) in [6, 6.07) is 12.2. The first-order valence-electron chi connectivity index (χ1n) is 8.86. The average molecular weight is 401 g/mol. The molecule has 3 rings (SSSR count). The maximum absolute atomic E-state index is 12.4. The fourth-order valence-corrected chi connectivity index (χ4v) is 3.05. The van der Waals surface area contributed by atoms with E-state index in [1.165, 1.54) is 13.2 Å². The van der Waals surface area contributed by atoms with E-state index in [0.29, 0.717) is 29.5 Å². The summed E-state index contributed by atoms with van der Waals surface area (Å²) in [5.41, 5.74) is 2.82. The number of morpholine rings is 1. The number of rotatable bonds is 5. The van der Waals surface area contributed by atoms with Gasteiger partial charge in [-0.15, -0.1) is 0 Å². The quantitative estimate of drug-likeness (QED) is 0.613. The van der Waals surface area contributed by atoms with Gasteiger partial charge in [0, 0.05) is 24.2 Å². The van der Waals surface area contributed by atoms with Gasteiger partial charge in [0.15, 0.2) is 0 Å². The molecule has 0 spiro atoms. The molecule has 7 heteroatoms. The summed E-state index contributed by atoms with van der Waals surface area (Å²) in [4.78, 5) is 26.0. The lowest BCUT2D eigenvalue weighted by atomic mass is 10.1. The Morgan fingerprint density at radius 1 is 1.14 bits per heavy atom. The molecule has 0 unspecified atom stereocenters. The Bertz CT molecular complexity index is 874. The van der Waals surface area contributed by atoms with Crippen LogP contribution in [0, 0.1) is 0 Å². The minimum absolute atomic E-state index is 0.270. The van der Waals surface area contributed by atoms with Gasteiger partial charge in [-0.05, 0) is 42.0 Å². The van der Waals surface area contributed by atoms with Gasteiger partial charge in [0.25, 0.3) is 0 Å². The second kappa shape index (κ2) is 9.39. The number of carbonyl (C=O) groups excluding carboxylic acids is 2. The molecule has 0 aromatic heterocycles. The largest absolute Gasteiger partial charge is 0.465 e. The molecular weight excluding hydrogens is 380 g/mol. The molecule has 0 bridgehead atoms. The van der Waals surface area contributed by atoms with E-state index in [-0.39, 0.29) is 5.91 Å². The van der Waals surface area contributed by atoms with Gasteiger partial charge in [0.1, 0.15) is 0 Å². The van der Waals surface area contributed by atoms with E-state index in [9.17, 15) is 9.59 Å². The summed E-state index contributed by atoms with van der Waals surface area (Å²) in [7, 11) is 1.33. The van der Waals surface area contributed by atoms with Gasteiger partial charge in [-0.1, -0.05) is 23.7 Å². The lowest BCUT2D eigenvalue weighted by molar-refractivity contribution is -0.111. The number of nitrogens with one attached hydrogen (secondary N) is 1. The molecule has 0 aliphatic carbocycles. The molecule has 1 aliphatic heterocycles. The molecule has 1 aliphatic rings. The van der Waals surface area contributed by atoms with Gasteiger partial charge in [-0.25, -0.2) is 4.79 Å². The van der Waals surface area contributed by atoms with Gasteiger partial charge < -0.3 is 19.7 Å². The van der Waals surface area contributed by atoms with Crippen LogP contribution in [0.25, 0.3) is 6.08 Å². The van der Waals surface area contributed by atoms with E-state index in [1.54, 1.807) is 42.5 Å². The summed E-state index contributed by atoms with van der Waals surface area (Å²) >= 11 is 6.11. The van der Waals surface area contributed by atoms with Gasteiger partial charge in [-0.2, -0.15) is 0 Å². The number of amides is 1. The zero-order chi connectivity index (χ0) is 19.9. The van der Waals surface area contributed by atoms with Crippen molar-refractivity contribution >= 4 is 40.9 Å². The highest BCUT2D eigenvalue weighted by molar-refractivity contribution is 6.31. The maximum atomic E-state index is 12.4. The molecule has 0 radical (unpaired) electrons. The van der Waals surface area contributed by atoms with Crippen LogP contribution < -0.4 is 10.2 Å². The first kappa shape index (κ1) is 19.9. The van der Waals surface area contributed by atoms with Crippen molar-refractivity contribution in [3.63, 3.8) is 0 Å². The number of benzene rings is 2. The zero-order valence-electron chi connectivity index (χ0n) is 15.5. The molecule has 1 saturated heterocycles. The van der Waals surface area contributed by atoms with Crippen LogP contribution in [0.1, 0.15) is 15.9 Å². The molecule has 1 N–H and O–H groups in total. The standard InChI is InChI=1S/C21H21ClN2O4/c1-27-21(26)16-5-2-15(3-6-16)4-9-20(25)23-18-14-17(22)7-8-19(18)24-10-12-28-13-11-24/h2-9,14H,10-13H2,1H3,(H,23,25)/b9-4+. The van der Waals surface area contributed by atoms with Crippen molar-refractivity contribution in [1.82, 2.24) is 0 Å². The van der Waals surface area contributed by atoms with Crippen molar-refractivity contribution in [2.45, 2.75) is 0 Å². The number of ether oxygens (including phenoxy) is 2. The van der Waals surface area contributed by atoms with Crippen LogP contribution in [0.3, 0.4) is 0 Å². The number of anilines is 2. The molecule has 28 heavy (non-hydrogen) atoms. The number of methoxy groups -OCH3 is 1. The topological polar surface area (TPSA) is 67.9 Å². The Morgan fingerprint density at radius 2 is 1.86 bits per heavy atom. The summed E-state index contributed by atoms with van der Waals surface area (Å²) in [6.07, 6.45) is 3.12. The Labute approximate surface area is 168 Å². The third kappa shape index (κ3) is 5.12. The SMILES string of the molecule is COC(=O)c1ccc(/C=C/C(=O)Nc2cc(Cl)ccc2N2CCOCC2)cc1. The number of halogens is 1. The highest BCUT2D eigenvalue weighted by Crippen LogP contribution is 2.30. The van der Waals surface area contributed by atoms with Crippen LogP contribution in [0.2, 0.25) is 5.02 Å². The molecule has 1 heterocycles. The van der Waals surface area contributed by atoms with E-state index >= 15 is 0 Å². The predicted molar refractivity (Wildman–Crippen MR) is 110 cm³/mol. The van der Waals surface area contributed by atoms with Crippen molar-refractivity contribution in [2.24, 2.45) is 0 Å². The Kier molecular flexibility index (Phi) is 6.68. The van der Waals surface area contributed by atoms with Crippen LogP contribution in [-0.2, 0) is 14.3 Å². The normalized spacial score (nSPS) is 14.1. The fourth-order valence-electron chi connectivity index (χ4n) is 2.88. The molecule has 0 saturated carbocycles. The lowest BCUT2D eigenvalue weighted by Gasteiger charge is -2.30. The van der Waals surface area contributed by atoms with Crippen molar-refractivity contribution in [2.75, 3.05) is 43.6 Å².